The van der Waals surface area contributed by atoms with Crippen LogP contribution in [0.2, 0.25) is 0 Å². The first-order chi connectivity index (χ1) is 9.88. The minimum absolute atomic E-state index is 0.0716. The lowest BCUT2D eigenvalue weighted by Crippen LogP contribution is -2.14. The number of halogens is 3. The quantitative estimate of drug-likeness (QED) is 0.669. The van der Waals surface area contributed by atoms with E-state index in [-0.39, 0.29) is 21.4 Å². The molecular weight excluding hydrogens is 350 g/mol. The number of amides is 1. The molecule has 0 unspecified atom stereocenters. The van der Waals surface area contributed by atoms with Gasteiger partial charge in [0.05, 0.1) is 16.2 Å². The van der Waals surface area contributed by atoms with Crippen molar-refractivity contribution in [1.29, 1.82) is 0 Å². The van der Waals surface area contributed by atoms with Crippen molar-refractivity contribution in [2.45, 2.75) is 0 Å². The smallest absolute Gasteiger partial charge is 0.271 e. The van der Waals surface area contributed by atoms with Crippen LogP contribution in [0.15, 0.2) is 40.9 Å². The third-order valence-corrected chi connectivity index (χ3v) is 3.24. The van der Waals surface area contributed by atoms with Crippen LogP contribution in [-0.2, 0) is 0 Å². The minimum Gasteiger partial charge on any atom is -0.319 e. The Kier molecular flexibility index (Phi) is 4.27. The number of nitrogens with zero attached hydrogens (tertiary/aromatic N) is 1. The second-order valence-electron chi connectivity index (χ2n) is 4.00. The van der Waals surface area contributed by atoms with Gasteiger partial charge in [-0.2, -0.15) is 0 Å². The molecule has 0 aromatic heterocycles. The number of hydrogen-bond acceptors (Lipinski definition) is 3. The van der Waals surface area contributed by atoms with E-state index in [0.29, 0.717) is 0 Å². The summed E-state index contributed by atoms with van der Waals surface area (Å²) in [5, 5.41) is 12.8. The zero-order valence-electron chi connectivity index (χ0n) is 10.3. The van der Waals surface area contributed by atoms with Crippen LogP contribution in [0, 0.1) is 21.7 Å². The van der Waals surface area contributed by atoms with Crippen molar-refractivity contribution in [3.8, 4) is 0 Å². The highest BCUT2D eigenvalue weighted by molar-refractivity contribution is 9.10. The molecule has 0 atom stereocenters. The molecule has 0 fully saturated rings. The molecule has 0 aliphatic carbocycles. The summed E-state index contributed by atoms with van der Waals surface area (Å²) in [5.74, 6) is -2.08. The number of carbonyl (C=O) groups is 1. The fraction of sp³-hybridized carbons (Fsp3) is 0. The van der Waals surface area contributed by atoms with Gasteiger partial charge in [-0.15, -0.1) is 0 Å². The Morgan fingerprint density at radius 1 is 1.19 bits per heavy atom. The summed E-state index contributed by atoms with van der Waals surface area (Å²) in [6, 6.07) is 6.14. The standard InChI is InChI=1S/C13H7BrF2N2O3/c14-10-5-7(15)1-3-9(10)13(19)17-12-6-8(18(20)21)2-4-11(12)16/h1-6H,(H,17,19). The monoisotopic (exact) mass is 356 g/mol. The van der Waals surface area contributed by atoms with Gasteiger partial charge >= 0.3 is 0 Å². The van der Waals surface area contributed by atoms with Crippen LogP contribution in [0.3, 0.4) is 0 Å². The van der Waals surface area contributed by atoms with Crippen molar-refractivity contribution in [1.82, 2.24) is 0 Å². The van der Waals surface area contributed by atoms with Crippen LogP contribution in [0.1, 0.15) is 10.4 Å². The van der Waals surface area contributed by atoms with Crippen LogP contribution >= 0.6 is 15.9 Å². The molecule has 0 aliphatic rings. The van der Waals surface area contributed by atoms with Gasteiger partial charge in [0.2, 0.25) is 0 Å². The minimum atomic E-state index is -0.813. The first-order valence-corrected chi connectivity index (χ1v) is 6.38. The maximum absolute atomic E-state index is 13.6. The van der Waals surface area contributed by atoms with Crippen LogP contribution in [-0.4, -0.2) is 10.8 Å². The lowest BCUT2D eigenvalue weighted by atomic mass is 10.2. The number of carbonyl (C=O) groups excluding carboxylic acids is 1. The summed E-state index contributed by atoms with van der Waals surface area (Å²) >= 11 is 3.01. The Bertz CT molecular complexity index is 737. The summed E-state index contributed by atoms with van der Waals surface area (Å²) in [7, 11) is 0. The molecule has 1 N–H and O–H groups in total. The van der Waals surface area contributed by atoms with Crippen molar-refractivity contribution in [3.05, 3.63) is 68.2 Å². The van der Waals surface area contributed by atoms with E-state index in [2.05, 4.69) is 21.2 Å². The van der Waals surface area contributed by atoms with Crippen LogP contribution in [0.25, 0.3) is 0 Å². The van der Waals surface area contributed by atoms with Crippen LogP contribution in [0.4, 0.5) is 20.2 Å². The maximum Gasteiger partial charge on any atom is 0.271 e. The number of benzene rings is 2. The van der Waals surface area contributed by atoms with E-state index in [1.807, 2.05) is 0 Å². The number of hydrogen-bond donors (Lipinski definition) is 1. The van der Waals surface area contributed by atoms with Crippen molar-refractivity contribution < 1.29 is 18.5 Å². The molecule has 1 amide bonds. The van der Waals surface area contributed by atoms with E-state index in [4.69, 9.17) is 0 Å². The average Bonchev–Trinajstić information content (AvgIpc) is 2.40. The highest BCUT2D eigenvalue weighted by Crippen LogP contribution is 2.24. The third-order valence-electron chi connectivity index (χ3n) is 2.58. The number of non-ortho nitro benzene ring substituents is 1. The molecular formula is C13H7BrF2N2O3. The molecule has 2 aromatic carbocycles. The second-order valence-corrected chi connectivity index (χ2v) is 4.85. The zero-order valence-corrected chi connectivity index (χ0v) is 11.9. The topological polar surface area (TPSA) is 72.2 Å². The van der Waals surface area contributed by atoms with E-state index in [0.717, 1.165) is 30.3 Å². The largest absolute Gasteiger partial charge is 0.319 e. The van der Waals surface area contributed by atoms with Gasteiger partial charge in [0.25, 0.3) is 11.6 Å². The van der Waals surface area contributed by atoms with Gasteiger partial charge in [-0.25, -0.2) is 8.78 Å². The molecule has 5 nitrogen and oxygen atoms in total. The fourth-order valence-electron chi connectivity index (χ4n) is 1.59. The highest BCUT2D eigenvalue weighted by Gasteiger charge is 2.16. The molecule has 2 rings (SSSR count). The Labute approximate surface area is 125 Å². The summed E-state index contributed by atoms with van der Waals surface area (Å²) in [5.41, 5.74) is -0.613. The summed E-state index contributed by atoms with van der Waals surface area (Å²) in [6.07, 6.45) is 0. The van der Waals surface area contributed by atoms with E-state index in [1.165, 1.54) is 6.07 Å². The molecule has 0 bridgehead atoms. The zero-order chi connectivity index (χ0) is 15.6. The molecule has 2 aromatic rings. The first kappa shape index (κ1) is 15.0. The Hall–Kier alpha value is -2.35. The normalized spacial score (nSPS) is 10.2. The van der Waals surface area contributed by atoms with Gasteiger partial charge in [0.15, 0.2) is 0 Å². The summed E-state index contributed by atoms with van der Waals surface area (Å²) < 4.78 is 26.7. The van der Waals surface area contributed by atoms with Crippen molar-refractivity contribution in [3.63, 3.8) is 0 Å². The number of anilines is 1. The number of rotatable bonds is 3. The molecule has 0 spiro atoms. The second kappa shape index (κ2) is 5.96. The van der Waals surface area contributed by atoms with Crippen molar-refractivity contribution in [2.75, 3.05) is 5.32 Å². The first-order valence-electron chi connectivity index (χ1n) is 5.59. The SMILES string of the molecule is O=C(Nc1cc([N+](=O)[O-])ccc1F)c1ccc(F)cc1Br. The predicted molar refractivity (Wildman–Crippen MR) is 75.1 cm³/mol. The van der Waals surface area contributed by atoms with Gasteiger partial charge in [-0.3, -0.25) is 14.9 Å². The summed E-state index contributed by atoms with van der Waals surface area (Å²) in [6.45, 7) is 0. The molecule has 0 saturated carbocycles. The highest BCUT2D eigenvalue weighted by atomic mass is 79.9. The molecule has 0 heterocycles. The van der Waals surface area contributed by atoms with E-state index >= 15 is 0 Å². The van der Waals surface area contributed by atoms with Gasteiger partial charge in [0, 0.05) is 16.6 Å². The molecule has 0 radical (unpaired) electrons. The maximum atomic E-state index is 13.6. The van der Waals surface area contributed by atoms with Gasteiger partial charge < -0.3 is 5.32 Å². The fourth-order valence-corrected chi connectivity index (χ4v) is 2.12. The molecule has 108 valence electrons. The van der Waals surface area contributed by atoms with Gasteiger partial charge in [-0.05, 0) is 40.2 Å². The van der Waals surface area contributed by atoms with Crippen LogP contribution < -0.4 is 5.32 Å². The van der Waals surface area contributed by atoms with E-state index in [1.54, 1.807) is 0 Å². The molecule has 21 heavy (non-hydrogen) atoms. The molecule has 0 aliphatic heterocycles. The third kappa shape index (κ3) is 3.40. The summed E-state index contributed by atoms with van der Waals surface area (Å²) in [4.78, 5) is 21.9. The number of nitro benzene ring substituents is 1. The van der Waals surface area contributed by atoms with Crippen molar-refractivity contribution >= 4 is 33.2 Å². The number of nitrogens with one attached hydrogen (secondary N) is 1. The van der Waals surface area contributed by atoms with Crippen LogP contribution in [0.5, 0.6) is 0 Å². The average molecular weight is 357 g/mol. The predicted octanol–water partition coefficient (Wildman–Crippen LogP) is 3.89. The molecule has 8 heteroatoms. The van der Waals surface area contributed by atoms with E-state index < -0.39 is 22.5 Å². The number of nitro groups is 1. The Morgan fingerprint density at radius 2 is 1.90 bits per heavy atom. The van der Waals surface area contributed by atoms with E-state index in [9.17, 15) is 23.7 Å². The van der Waals surface area contributed by atoms with Crippen molar-refractivity contribution in [2.24, 2.45) is 0 Å². The Balaban J connectivity index is 2.31. The molecule has 0 saturated heterocycles. The lowest BCUT2D eigenvalue weighted by molar-refractivity contribution is -0.384. The van der Waals surface area contributed by atoms with Gasteiger partial charge in [0.1, 0.15) is 11.6 Å². The lowest BCUT2D eigenvalue weighted by Gasteiger charge is -2.08. The van der Waals surface area contributed by atoms with Gasteiger partial charge in [-0.1, -0.05) is 0 Å². The Morgan fingerprint density at radius 3 is 2.52 bits per heavy atom.